The van der Waals surface area contributed by atoms with Gasteiger partial charge in [-0.15, -0.1) is 12.3 Å². The lowest BCUT2D eigenvalue weighted by atomic mass is 10.1. The van der Waals surface area contributed by atoms with Gasteiger partial charge < -0.3 is 29.5 Å². The van der Waals surface area contributed by atoms with Gasteiger partial charge in [-0.25, -0.2) is 9.78 Å². The lowest BCUT2D eigenvalue weighted by Gasteiger charge is -2.42. The highest BCUT2D eigenvalue weighted by molar-refractivity contribution is 5.97. The Morgan fingerprint density at radius 2 is 1.93 bits per heavy atom. The van der Waals surface area contributed by atoms with E-state index >= 15 is 0 Å². The van der Waals surface area contributed by atoms with Gasteiger partial charge in [0.15, 0.2) is 0 Å². The van der Waals surface area contributed by atoms with Crippen molar-refractivity contribution in [2.45, 2.75) is 51.8 Å². The van der Waals surface area contributed by atoms with Crippen LogP contribution >= 0.6 is 0 Å². The third-order valence-corrected chi connectivity index (χ3v) is 6.63. The molecule has 3 aromatic rings. The number of fused-ring (bicyclic) bond motifs is 1. The van der Waals surface area contributed by atoms with Gasteiger partial charge in [0.1, 0.15) is 17.8 Å². The van der Waals surface area contributed by atoms with Crippen LogP contribution in [0.4, 0.5) is 10.5 Å². The van der Waals surface area contributed by atoms with Crippen molar-refractivity contribution in [2.24, 2.45) is 0 Å². The van der Waals surface area contributed by atoms with Crippen LogP contribution in [-0.4, -0.2) is 75.3 Å². The molecular formula is C30H35N5O5. The molecule has 1 aromatic carbocycles. The normalized spacial score (nSPS) is 15.5. The van der Waals surface area contributed by atoms with Gasteiger partial charge in [0.2, 0.25) is 0 Å². The number of nitrogens with one attached hydrogen (secondary N) is 1. The first-order chi connectivity index (χ1) is 19.0. The molecule has 1 fully saturated rings. The Morgan fingerprint density at radius 1 is 1.18 bits per heavy atom. The van der Waals surface area contributed by atoms with Gasteiger partial charge in [-0.1, -0.05) is 12.1 Å². The second-order valence-electron chi connectivity index (χ2n) is 10.8. The molecule has 0 aliphatic carbocycles. The van der Waals surface area contributed by atoms with Crippen molar-refractivity contribution >= 4 is 34.7 Å². The number of hydrogen-bond donors (Lipinski definition) is 2. The summed E-state index contributed by atoms with van der Waals surface area (Å²) in [5, 5.41) is 12.6. The molecule has 3 heterocycles. The maximum Gasteiger partial charge on any atom is 0.410 e. The van der Waals surface area contributed by atoms with Gasteiger partial charge in [0.05, 0.1) is 11.6 Å². The molecule has 2 amide bonds. The van der Waals surface area contributed by atoms with E-state index in [0.717, 1.165) is 11.3 Å². The summed E-state index contributed by atoms with van der Waals surface area (Å²) in [4.78, 5) is 44.6. The molecule has 4 rings (SSSR count). The first kappa shape index (κ1) is 28.5. The molecule has 0 spiro atoms. The number of anilines is 1. The maximum atomic E-state index is 12.7. The second kappa shape index (κ2) is 12.1. The molecular weight excluding hydrogens is 510 g/mol. The summed E-state index contributed by atoms with van der Waals surface area (Å²) in [5.74, 6) is 1.50. The number of carboxylic acid groups (broad SMARTS) is 1. The van der Waals surface area contributed by atoms with Crippen molar-refractivity contribution < 1.29 is 24.2 Å². The number of rotatable bonds is 8. The first-order valence-electron chi connectivity index (χ1n) is 13.3. The molecule has 210 valence electrons. The zero-order valence-electron chi connectivity index (χ0n) is 23.1. The summed E-state index contributed by atoms with van der Waals surface area (Å²) in [7, 11) is 0. The number of pyridine rings is 1. The van der Waals surface area contributed by atoms with Crippen molar-refractivity contribution in [1.82, 2.24) is 19.8 Å². The third kappa shape index (κ3) is 7.11. The zero-order chi connectivity index (χ0) is 28.9. The van der Waals surface area contributed by atoms with Crippen LogP contribution in [0.1, 0.15) is 43.1 Å². The van der Waals surface area contributed by atoms with Crippen molar-refractivity contribution in [3.63, 3.8) is 0 Å². The largest absolute Gasteiger partial charge is 0.480 e. The third-order valence-electron chi connectivity index (χ3n) is 6.63. The van der Waals surface area contributed by atoms with Crippen LogP contribution in [0.25, 0.3) is 11.0 Å². The Hall–Kier alpha value is -4.52. The predicted octanol–water partition coefficient (Wildman–Crippen LogP) is 3.54. The average molecular weight is 546 g/mol. The van der Waals surface area contributed by atoms with Gasteiger partial charge in [-0.2, -0.15) is 0 Å². The number of carbonyl (C=O) groups excluding carboxylic acids is 2. The highest BCUT2D eigenvalue weighted by Crippen LogP contribution is 2.23. The highest BCUT2D eigenvalue weighted by atomic mass is 16.6. The van der Waals surface area contributed by atoms with E-state index in [1.54, 1.807) is 23.2 Å². The molecule has 0 bridgehead atoms. The minimum atomic E-state index is -0.956. The fourth-order valence-electron chi connectivity index (χ4n) is 4.73. The fourth-order valence-corrected chi connectivity index (χ4v) is 4.73. The number of carboxylic acids is 1. The number of nitrogens with zero attached hydrogens (tertiary/aromatic N) is 4. The van der Waals surface area contributed by atoms with Gasteiger partial charge in [-0.05, 0) is 57.0 Å². The summed E-state index contributed by atoms with van der Waals surface area (Å²) < 4.78 is 7.10. The Morgan fingerprint density at radius 3 is 2.60 bits per heavy atom. The Balaban J connectivity index is 1.30. The van der Waals surface area contributed by atoms with E-state index in [4.69, 9.17) is 16.3 Å². The topological polar surface area (TPSA) is 117 Å². The molecule has 1 aliphatic heterocycles. The number of amides is 2. The molecule has 1 aliphatic rings. The Bertz CT molecular complexity index is 1420. The maximum absolute atomic E-state index is 12.7. The quantitative estimate of drug-likeness (QED) is 0.416. The van der Waals surface area contributed by atoms with E-state index in [-0.39, 0.29) is 24.6 Å². The van der Waals surface area contributed by atoms with Crippen LogP contribution in [0.15, 0.2) is 48.8 Å². The van der Waals surface area contributed by atoms with Gasteiger partial charge in [0, 0.05) is 56.1 Å². The molecule has 1 saturated heterocycles. The van der Waals surface area contributed by atoms with Gasteiger partial charge in [0.25, 0.3) is 5.91 Å². The Labute approximate surface area is 233 Å². The van der Waals surface area contributed by atoms with Gasteiger partial charge >= 0.3 is 12.1 Å². The lowest BCUT2D eigenvalue weighted by Crippen LogP contribution is -2.56. The van der Waals surface area contributed by atoms with Crippen LogP contribution < -0.4 is 10.2 Å². The number of aliphatic carboxylic acids is 1. The molecule has 10 heteroatoms. The number of carbonyl (C=O) groups is 3. The lowest BCUT2D eigenvalue weighted by molar-refractivity contribution is -0.137. The smallest absolute Gasteiger partial charge is 0.410 e. The molecule has 0 radical (unpaired) electrons. The summed E-state index contributed by atoms with van der Waals surface area (Å²) >= 11 is 0. The SMILES string of the molecule is C#CC[C@@H]1CN(c2ccc(CCNC(=O)c3cnc4c(ccn4CC(=O)O)c3)cc2)CCN1C(=O)OC(C)(C)C. The van der Waals surface area contributed by atoms with Crippen molar-refractivity contribution in [2.75, 3.05) is 31.1 Å². The molecule has 0 saturated carbocycles. The molecule has 2 N–H and O–H groups in total. The van der Waals surface area contributed by atoms with Crippen LogP contribution in [0.3, 0.4) is 0 Å². The summed E-state index contributed by atoms with van der Waals surface area (Å²) in [6.07, 6.45) is 9.47. The zero-order valence-corrected chi connectivity index (χ0v) is 23.1. The van der Waals surface area contributed by atoms with E-state index in [0.29, 0.717) is 55.6 Å². The Kier molecular flexibility index (Phi) is 8.63. The minimum Gasteiger partial charge on any atom is -0.480 e. The van der Waals surface area contributed by atoms with E-state index in [9.17, 15) is 14.4 Å². The van der Waals surface area contributed by atoms with Gasteiger partial charge in [-0.3, -0.25) is 9.59 Å². The van der Waals surface area contributed by atoms with Crippen molar-refractivity contribution in [3.05, 3.63) is 59.9 Å². The number of terminal acetylenes is 1. The number of aromatic nitrogens is 2. The second-order valence-corrected chi connectivity index (χ2v) is 10.8. The molecule has 0 unspecified atom stereocenters. The van der Waals surface area contributed by atoms with E-state index in [1.165, 1.54) is 10.8 Å². The molecule has 2 aromatic heterocycles. The van der Waals surface area contributed by atoms with Crippen LogP contribution in [0, 0.1) is 12.3 Å². The standard InChI is InChI=1S/C30H35N5O5/c1-5-6-25-19-33(15-16-35(25)29(39)40-30(2,3)4)24-9-7-21(8-10-24)11-13-31-28(38)23-17-22-12-14-34(20-26(36)37)27(22)32-18-23/h1,7-10,12,14,17-18,25H,6,11,13,15-16,19-20H2,2-4H3,(H,31,38)(H,36,37)/t25-/m1/s1. The van der Waals surface area contributed by atoms with Crippen LogP contribution in [-0.2, 0) is 22.5 Å². The first-order valence-corrected chi connectivity index (χ1v) is 13.3. The van der Waals surface area contributed by atoms with Crippen molar-refractivity contribution in [3.8, 4) is 12.3 Å². The molecule has 1 atom stereocenters. The van der Waals surface area contributed by atoms with Crippen molar-refractivity contribution in [1.29, 1.82) is 0 Å². The average Bonchev–Trinajstić information content (AvgIpc) is 3.29. The van der Waals surface area contributed by atoms with E-state index in [2.05, 4.69) is 21.1 Å². The summed E-state index contributed by atoms with van der Waals surface area (Å²) in [6, 6.07) is 11.5. The predicted molar refractivity (Wildman–Crippen MR) is 152 cm³/mol. The number of ether oxygens (including phenoxy) is 1. The summed E-state index contributed by atoms with van der Waals surface area (Å²) in [6.45, 7) is 7.65. The molecule has 40 heavy (non-hydrogen) atoms. The minimum absolute atomic E-state index is 0.132. The highest BCUT2D eigenvalue weighted by Gasteiger charge is 2.33. The monoisotopic (exact) mass is 545 g/mol. The number of hydrogen-bond acceptors (Lipinski definition) is 6. The van der Waals surface area contributed by atoms with Crippen LogP contribution in [0.2, 0.25) is 0 Å². The number of benzene rings is 1. The number of piperazine rings is 1. The van der Waals surface area contributed by atoms with E-state index in [1.807, 2.05) is 45.0 Å². The molecule has 10 nitrogen and oxygen atoms in total. The summed E-state index contributed by atoms with van der Waals surface area (Å²) in [5.41, 5.74) is 2.51. The fraction of sp³-hybridized carbons (Fsp3) is 0.400. The van der Waals surface area contributed by atoms with Crippen LogP contribution in [0.5, 0.6) is 0 Å². The van der Waals surface area contributed by atoms with E-state index < -0.39 is 11.6 Å².